The zero-order valence-corrected chi connectivity index (χ0v) is 16.2. The Labute approximate surface area is 160 Å². The van der Waals surface area contributed by atoms with Gasteiger partial charge in [0.05, 0.1) is 5.71 Å². The molecular weight excluding hydrogens is 334 g/mol. The van der Waals surface area contributed by atoms with Gasteiger partial charge >= 0.3 is 0 Å². The Bertz CT molecular complexity index is 1010. The number of carbonyl (C=O) groups excluding carboxylic acids is 1. The minimum atomic E-state index is -0.389. The maximum atomic E-state index is 12.4. The van der Waals surface area contributed by atoms with Gasteiger partial charge in [-0.2, -0.15) is 5.10 Å². The second kappa shape index (κ2) is 8.04. The van der Waals surface area contributed by atoms with Crippen LogP contribution in [-0.2, 0) is 4.79 Å². The van der Waals surface area contributed by atoms with Crippen molar-refractivity contribution in [2.75, 3.05) is 5.32 Å². The molecule has 3 aromatic carbocycles. The highest BCUT2D eigenvalue weighted by Gasteiger charge is 2.13. The lowest BCUT2D eigenvalue weighted by molar-refractivity contribution is -0.121. The van der Waals surface area contributed by atoms with Crippen molar-refractivity contribution in [3.63, 3.8) is 0 Å². The molecule has 0 heterocycles. The lowest BCUT2D eigenvalue weighted by Gasteiger charge is -2.16. The van der Waals surface area contributed by atoms with E-state index in [1.54, 1.807) is 0 Å². The fraction of sp³-hybridized carbons (Fsp3) is 0.217. The van der Waals surface area contributed by atoms with E-state index in [0.29, 0.717) is 0 Å². The van der Waals surface area contributed by atoms with Gasteiger partial charge in [0, 0.05) is 5.69 Å². The highest BCUT2D eigenvalue weighted by atomic mass is 16.2. The van der Waals surface area contributed by atoms with Gasteiger partial charge in [0.15, 0.2) is 0 Å². The number of aryl methyl sites for hydroxylation is 2. The number of hydrogen-bond acceptors (Lipinski definition) is 3. The van der Waals surface area contributed by atoms with Crippen LogP contribution in [0.2, 0.25) is 0 Å². The van der Waals surface area contributed by atoms with Crippen LogP contribution in [0.3, 0.4) is 0 Å². The fourth-order valence-electron chi connectivity index (χ4n) is 2.99. The lowest BCUT2D eigenvalue weighted by Crippen LogP contribution is -2.35. The van der Waals surface area contributed by atoms with Crippen molar-refractivity contribution in [3.8, 4) is 0 Å². The van der Waals surface area contributed by atoms with Crippen molar-refractivity contribution in [2.45, 2.75) is 33.7 Å². The second-order valence-electron chi connectivity index (χ2n) is 6.92. The van der Waals surface area contributed by atoms with Crippen molar-refractivity contribution >= 4 is 28.1 Å². The third kappa shape index (κ3) is 4.53. The molecule has 1 amide bonds. The molecule has 0 saturated carbocycles. The Kier molecular flexibility index (Phi) is 5.55. The first-order valence-corrected chi connectivity index (χ1v) is 9.11. The molecule has 0 unspecified atom stereocenters. The molecule has 0 aliphatic heterocycles. The van der Waals surface area contributed by atoms with Gasteiger partial charge in [-0.05, 0) is 61.7 Å². The Balaban J connectivity index is 1.67. The molecular formula is C23H25N3O. The Morgan fingerprint density at radius 2 is 1.70 bits per heavy atom. The second-order valence-corrected chi connectivity index (χ2v) is 6.92. The predicted octanol–water partition coefficient (Wildman–Crippen LogP) is 4.80. The molecule has 0 fully saturated rings. The number of hydrogen-bond donors (Lipinski definition) is 2. The minimum Gasteiger partial charge on any atom is -0.374 e. The molecule has 27 heavy (non-hydrogen) atoms. The molecule has 1 atom stereocenters. The zero-order chi connectivity index (χ0) is 19.4. The first kappa shape index (κ1) is 18.6. The lowest BCUT2D eigenvalue weighted by atomic mass is 10.0. The summed E-state index contributed by atoms with van der Waals surface area (Å²) in [5.74, 6) is -0.171. The van der Waals surface area contributed by atoms with Crippen molar-refractivity contribution in [1.29, 1.82) is 0 Å². The average Bonchev–Trinajstić information content (AvgIpc) is 2.67. The van der Waals surface area contributed by atoms with E-state index in [1.165, 1.54) is 10.9 Å². The number of amides is 1. The average molecular weight is 359 g/mol. The summed E-state index contributed by atoms with van der Waals surface area (Å²) in [6.07, 6.45) is 0. The number of rotatable bonds is 5. The Hall–Kier alpha value is -3.14. The number of nitrogens with one attached hydrogen (secondary N) is 2. The molecule has 0 aliphatic carbocycles. The van der Waals surface area contributed by atoms with Crippen molar-refractivity contribution < 1.29 is 4.79 Å². The molecule has 4 heteroatoms. The molecule has 0 aromatic heterocycles. The van der Waals surface area contributed by atoms with Gasteiger partial charge in [-0.3, -0.25) is 4.79 Å². The predicted molar refractivity (Wildman–Crippen MR) is 113 cm³/mol. The van der Waals surface area contributed by atoms with Gasteiger partial charge in [0.1, 0.15) is 6.04 Å². The van der Waals surface area contributed by atoms with Gasteiger partial charge in [-0.1, -0.05) is 54.1 Å². The molecule has 4 nitrogen and oxygen atoms in total. The molecule has 2 N–H and O–H groups in total. The third-order valence-corrected chi connectivity index (χ3v) is 4.65. The summed E-state index contributed by atoms with van der Waals surface area (Å²) in [5, 5.41) is 9.86. The van der Waals surface area contributed by atoms with Crippen molar-refractivity contribution in [2.24, 2.45) is 5.10 Å². The molecule has 0 radical (unpaired) electrons. The van der Waals surface area contributed by atoms with E-state index in [9.17, 15) is 4.79 Å². The van der Waals surface area contributed by atoms with Crippen LogP contribution >= 0.6 is 0 Å². The van der Waals surface area contributed by atoms with E-state index in [-0.39, 0.29) is 11.9 Å². The summed E-state index contributed by atoms with van der Waals surface area (Å²) in [6.45, 7) is 7.81. The standard InChI is InChI=1S/C23H25N3O/c1-15-9-12-22(16(2)13-15)24-18(4)23(27)26-25-17(3)20-11-10-19-7-5-6-8-21(19)14-20/h5-14,18,24H,1-4H3,(H,26,27)/t18-/m0/s1. The largest absolute Gasteiger partial charge is 0.374 e. The van der Waals surface area contributed by atoms with Gasteiger partial charge < -0.3 is 5.32 Å². The highest BCUT2D eigenvalue weighted by Crippen LogP contribution is 2.17. The van der Waals surface area contributed by atoms with Gasteiger partial charge in [-0.15, -0.1) is 0 Å². The molecule has 3 aromatic rings. The molecule has 0 spiro atoms. The molecule has 0 bridgehead atoms. The maximum Gasteiger partial charge on any atom is 0.262 e. The first-order valence-electron chi connectivity index (χ1n) is 9.11. The number of hydrazone groups is 1. The molecule has 138 valence electrons. The Morgan fingerprint density at radius 1 is 0.963 bits per heavy atom. The highest BCUT2D eigenvalue weighted by molar-refractivity contribution is 6.02. The molecule has 0 saturated heterocycles. The first-order chi connectivity index (χ1) is 12.9. The smallest absolute Gasteiger partial charge is 0.262 e. The van der Waals surface area contributed by atoms with E-state index < -0.39 is 0 Å². The Morgan fingerprint density at radius 3 is 2.44 bits per heavy atom. The summed E-state index contributed by atoms with van der Waals surface area (Å²) in [7, 11) is 0. The van der Waals surface area contributed by atoms with E-state index >= 15 is 0 Å². The number of nitrogens with zero attached hydrogens (tertiary/aromatic N) is 1. The summed E-state index contributed by atoms with van der Waals surface area (Å²) in [5.41, 5.74) is 7.70. The number of carbonyl (C=O) groups is 1. The van der Waals surface area contributed by atoms with Crippen LogP contribution < -0.4 is 10.7 Å². The van der Waals surface area contributed by atoms with Crippen LogP contribution in [0.4, 0.5) is 5.69 Å². The zero-order valence-electron chi connectivity index (χ0n) is 16.2. The summed E-state index contributed by atoms with van der Waals surface area (Å²) >= 11 is 0. The van der Waals surface area contributed by atoms with E-state index in [2.05, 4.69) is 53.1 Å². The number of benzene rings is 3. The maximum absolute atomic E-state index is 12.4. The number of fused-ring (bicyclic) bond motifs is 1. The van der Waals surface area contributed by atoms with Crippen LogP contribution in [0.15, 0.2) is 65.8 Å². The van der Waals surface area contributed by atoms with E-state index in [1.807, 2.05) is 51.1 Å². The van der Waals surface area contributed by atoms with Crippen molar-refractivity contribution in [3.05, 3.63) is 77.4 Å². The topological polar surface area (TPSA) is 53.5 Å². The number of anilines is 1. The minimum absolute atomic E-state index is 0.171. The molecule has 0 aliphatic rings. The van der Waals surface area contributed by atoms with Crippen LogP contribution in [0.5, 0.6) is 0 Å². The van der Waals surface area contributed by atoms with Crippen LogP contribution in [0, 0.1) is 13.8 Å². The SMILES string of the molecule is CC(=NNC(=O)[C@H](C)Nc1ccc(C)cc1C)c1ccc2ccccc2c1. The summed E-state index contributed by atoms with van der Waals surface area (Å²) < 4.78 is 0. The van der Waals surface area contributed by atoms with E-state index in [4.69, 9.17) is 0 Å². The van der Waals surface area contributed by atoms with Crippen LogP contribution in [0.1, 0.15) is 30.5 Å². The van der Waals surface area contributed by atoms with Crippen LogP contribution in [0.25, 0.3) is 10.8 Å². The fourth-order valence-corrected chi connectivity index (χ4v) is 2.99. The third-order valence-electron chi connectivity index (χ3n) is 4.65. The molecule has 3 rings (SSSR count). The summed E-state index contributed by atoms with van der Waals surface area (Å²) in [6, 6.07) is 20.1. The quantitative estimate of drug-likeness (QED) is 0.508. The summed E-state index contributed by atoms with van der Waals surface area (Å²) in [4.78, 5) is 12.4. The van der Waals surface area contributed by atoms with Gasteiger partial charge in [0.25, 0.3) is 5.91 Å². The van der Waals surface area contributed by atoms with Gasteiger partial charge in [-0.25, -0.2) is 5.43 Å². The van der Waals surface area contributed by atoms with Crippen LogP contribution in [-0.4, -0.2) is 17.7 Å². The monoisotopic (exact) mass is 359 g/mol. The van der Waals surface area contributed by atoms with E-state index in [0.717, 1.165) is 27.9 Å². The van der Waals surface area contributed by atoms with Crippen molar-refractivity contribution in [1.82, 2.24) is 5.43 Å². The van der Waals surface area contributed by atoms with Gasteiger partial charge in [0.2, 0.25) is 0 Å². The normalized spacial score (nSPS) is 12.7.